The van der Waals surface area contributed by atoms with E-state index in [-0.39, 0.29) is 5.69 Å². The van der Waals surface area contributed by atoms with Crippen molar-refractivity contribution in [3.63, 3.8) is 0 Å². The van der Waals surface area contributed by atoms with Crippen molar-refractivity contribution in [1.29, 1.82) is 0 Å². The number of rotatable bonds is 1. The second-order valence-corrected chi connectivity index (χ2v) is 7.29. The number of amides is 1. The molecule has 1 aliphatic heterocycles. The minimum Gasteiger partial charge on any atom is -0.443 e. The summed E-state index contributed by atoms with van der Waals surface area (Å²) in [6.07, 6.45) is 1.69. The fourth-order valence-corrected chi connectivity index (χ4v) is 3.19. The molecule has 6 nitrogen and oxygen atoms in total. The zero-order chi connectivity index (χ0) is 18.5. The molecular weight excluding hydrogens is 335 g/mol. The van der Waals surface area contributed by atoms with Gasteiger partial charge < -0.3 is 4.74 Å². The van der Waals surface area contributed by atoms with E-state index in [0.717, 1.165) is 10.9 Å². The maximum atomic E-state index is 15.4. The molecule has 0 saturated heterocycles. The Hall–Kier alpha value is -2.96. The third-order valence-electron chi connectivity index (χ3n) is 4.29. The standard InChI is InChI=1S/C19H19FN4O2/c1-19(2,3)26-18(25)24-10-8-11-6-7-12(14(20)16(11)24)15-13-5-4-9-21-17(13)23-22-15/h4-7,9H,8,10H2,1-3H3,(H,21,22,23). The third kappa shape index (κ3) is 2.69. The Kier molecular flexibility index (Phi) is 3.68. The number of carbonyl (C=O) groups is 1. The molecule has 1 aromatic carbocycles. The Morgan fingerprint density at radius 3 is 2.88 bits per heavy atom. The van der Waals surface area contributed by atoms with Crippen molar-refractivity contribution in [3.8, 4) is 11.3 Å². The van der Waals surface area contributed by atoms with Gasteiger partial charge in [-0.3, -0.25) is 10.00 Å². The number of aromatic nitrogens is 3. The number of H-pyrrole nitrogens is 1. The van der Waals surface area contributed by atoms with E-state index in [2.05, 4.69) is 15.2 Å². The van der Waals surface area contributed by atoms with Gasteiger partial charge in [0.05, 0.1) is 11.4 Å². The number of fused-ring (bicyclic) bond motifs is 2. The van der Waals surface area contributed by atoms with E-state index in [9.17, 15) is 4.79 Å². The number of hydrogen-bond acceptors (Lipinski definition) is 4. The van der Waals surface area contributed by atoms with E-state index in [0.29, 0.717) is 29.9 Å². The molecule has 0 bridgehead atoms. The average molecular weight is 354 g/mol. The van der Waals surface area contributed by atoms with Crippen LogP contribution in [0, 0.1) is 5.82 Å². The van der Waals surface area contributed by atoms with Gasteiger partial charge in [-0.05, 0) is 51.0 Å². The molecule has 0 atom stereocenters. The molecule has 0 fully saturated rings. The third-order valence-corrected chi connectivity index (χ3v) is 4.29. The van der Waals surface area contributed by atoms with Crippen LogP contribution < -0.4 is 4.90 Å². The number of benzene rings is 1. The topological polar surface area (TPSA) is 71.1 Å². The molecular formula is C19H19FN4O2. The molecule has 1 amide bonds. The summed E-state index contributed by atoms with van der Waals surface area (Å²) in [6, 6.07) is 7.17. The lowest BCUT2D eigenvalue weighted by Gasteiger charge is -2.25. The van der Waals surface area contributed by atoms with Gasteiger partial charge in [-0.15, -0.1) is 0 Å². The lowest BCUT2D eigenvalue weighted by atomic mass is 10.0. The van der Waals surface area contributed by atoms with Crippen LogP contribution in [-0.4, -0.2) is 33.4 Å². The first-order chi connectivity index (χ1) is 12.3. The van der Waals surface area contributed by atoms with Crippen LogP contribution in [0.1, 0.15) is 26.3 Å². The molecule has 0 aliphatic carbocycles. The van der Waals surface area contributed by atoms with Crippen molar-refractivity contribution in [3.05, 3.63) is 41.8 Å². The minimum absolute atomic E-state index is 0.281. The summed E-state index contributed by atoms with van der Waals surface area (Å²) in [4.78, 5) is 18.0. The van der Waals surface area contributed by atoms with Crippen LogP contribution >= 0.6 is 0 Å². The SMILES string of the molecule is CC(C)(C)OC(=O)N1CCc2ccc(-c3[nH]nc4ncccc34)c(F)c21. The highest BCUT2D eigenvalue weighted by molar-refractivity contribution is 5.95. The molecule has 0 spiro atoms. The number of nitrogens with one attached hydrogen (secondary N) is 1. The number of ether oxygens (including phenoxy) is 1. The van der Waals surface area contributed by atoms with Gasteiger partial charge in [0.15, 0.2) is 11.5 Å². The number of anilines is 1. The lowest BCUT2D eigenvalue weighted by Crippen LogP contribution is -2.36. The molecule has 3 aromatic rings. The van der Waals surface area contributed by atoms with Crippen LogP contribution in [0.25, 0.3) is 22.3 Å². The zero-order valence-corrected chi connectivity index (χ0v) is 14.8. The van der Waals surface area contributed by atoms with E-state index < -0.39 is 17.5 Å². The van der Waals surface area contributed by atoms with E-state index in [1.54, 1.807) is 39.1 Å². The quantitative estimate of drug-likeness (QED) is 0.715. The second-order valence-electron chi connectivity index (χ2n) is 7.29. The maximum Gasteiger partial charge on any atom is 0.414 e. The van der Waals surface area contributed by atoms with Crippen molar-refractivity contribution in [2.24, 2.45) is 0 Å². The number of halogens is 1. The highest BCUT2D eigenvalue weighted by Crippen LogP contribution is 2.38. The fraction of sp³-hybridized carbons (Fsp3) is 0.316. The largest absolute Gasteiger partial charge is 0.443 e. The van der Waals surface area contributed by atoms with E-state index in [1.165, 1.54) is 4.90 Å². The first-order valence-electron chi connectivity index (χ1n) is 8.46. The summed E-state index contributed by atoms with van der Waals surface area (Å²) >= 11 is 0. The average Bonchev–Trinajstić information content (AvgIpc) is 3.18. The Morgan fingerprint density at radius 2 is 2.12 bits per heavy atom. The van der Waals surface area contributed by atoms with Crippen LogP contribution in [0.15, 0.2) is 30.5 Å². The van der Waals surface area contributed by atoms with Crippen LogP contribution in [0.4, 0.5) is 14.9 Å². The fourth-order valence-electron chi connectivity index (χ4n) is 3.19. The van der Waals surface area contributed by atoms with Crippen molar-refractivity contribution < 1.29 is 13.9 Å². The van der Waals surface area contributed by atoms with Crippen LogP contribution in [0.2, 0.25) is 0 Å². The Balaban J connectivity index is 1.79. The molecule has 1 aliphatic rings. The van der Waals surface area contributed by atoms with Crippen molar-refractivity contribution in [2.45, 2.75) is 32.8 Å². The van der Waals surface area contributed by atoms with Crippen LogP contribution in [0.5, 0.6) is 0 Å². The molecule has 0 saturated carbocycles. The van der Waals surface area contributed by atoms with Gasteiger partial charge in [-0.1, -0.05) is 6.07 Å². The lowest BCUT2D eigenvalue weighted by molar-refractivity contribution is 0.0583. The minimum atomic E-state index is -0.640. The number of pyridine rings is 1. The molecule has 0 radical (unpaired) electrons. The summed E-state index contributed by atoms with van der Waals surface area (Å²) in [6.45, 7) is 5.77. The summed E-state index contributed by atoms with van der Waals surface area (Å²) in [5.41, 5.74) is 1.85. The summed E-state index contributed by atoms with van der Waals surface area (Å²) in [5.74, 6) is -0.458. The zero-order valence-electron chi connectivity index (χ0n) is 14.8. The number of carbonyl (C=O) groups excluding carboxylic acids is 1. The Morgan fingerprint density at radius 1 is 1.31 bits per heavy atom. The predicted octanol–water partition coefficient (Wildman–Crippen LogP) is 4.06. The highest BCUT2D eigenvalue weighted by atomic mass is 19.1. The molecule has 3 heterocycles. The number of hydrogen-bond donors (Lipinski definition) is 1. The summed E-state index contributed by atoms with van der Waals surface area (Å²) in [5, 5.41) is 7.71. The van der Waals surface area contributed by atoms with Crippen LogP contribution in [0.3, 0.4) is 0 Å². The van der Waals surface area contributed by atoms with Crippen molar-refractivity contribution >= 4 is 22.8 Å². The monoisotopic (exact) mass is 354 g/mol. The van der Waals surface area contributed by atoms with Crippen molar-refractivity contribution in [2.75, 3.05) is 11.4 Å². The molecule has 4 rings (SSSR count). The molecule has 7 heteroatoms. The Labute approximate surface area is 150 Å². The van der Waals surface area contributed by atoms with Gasteiger partial charge >= 0.3 is 6.09 Å². The van der Waals surface area contributed by atoms with Gasteiger partial charge in [0.25, 0.3) is 0 Å². The van der Waals surface area contributed by atoms with E-state index in [4.69, 9.17) is 4.74 Å². The molecule has 134 valence electrons. The van der Waals surface area contributed by atoms with Gasteiger partial charge in [0, 0.05) is 23.7 Å². The Bertz CT molecular complexity index is 1010. The first-order valence-corrected chi connectivity index (χ1v) is 8.46. The summed E-state index contributed by atoms with van der Waals surface area (Å²) < 4.78 is 20.8. The van der Waals surface area contributed by atoms with E-state index >= 15 is 4.39 Å². The molecule has 26 heavy (non-hydrogen) atoms. The maximum absolute atomic E-state index is 15.4. The second kappa shape index (κ2) is 5.79. The van der Waals surface area contributed by atoms with Gasteiger partial charge in [-0.25, -0.2) is 14.2 Å². The highest BCUT2D eigenvalue weighted by Gasteiger charge is 2.33. The van der Waals surface area contributed by atoms with Crippen molar-refractivity contribution in [1.82, 2.24) is 15.2 Å². The predicted molar refractivity (Wildman–Crippen MR) is 96.6 cm³/mol. The number of nitrogens with zero attached hydrogens (tertiary/aromatic N) is 3. The molecule has 0 unspecified atom stereocenters. The van der Waals surface area contributed by atoms with Crippen LogP contribution in [-0.2, 0) is 11.2 Å². The van der Waals surface area contributed by atoms with Gasteiger partial charge in [-0.2, -0.15) is 5.10 Å². The molecule has 2 aromatic heterocycles. The van der Waals surface area contributed by atoms with E-state index in [1.807, 2.05) is 12.1 Å². The normalized spacial score (nSPS) is 13.9. The molecule has 1 N–H and O–H groups in total. The smallest absolute Gasteiger partial charge is 0.414 e. The first kappa shape index (κ1) is 16.5. The van der Waals surface area contributed by atoms with Gasteiger partial charge in [0.1, 0.15) is 5.60 Å². The number of aromatic amines is 1. The van der Waals surface area contributed by atoms with Gasteiger partial charge in [0.2, 0.25) is 0 Å². The summed E-state index contributed by atoms with van der Waals surface area (Å²) in [7, 11) is 0.